The van der Waals surface area contributed by atoms with Gasteiger partial charge in [0.15, 0.2) is 5.82 Å². The summed E-state index contributed by atoms with van der Waals surface area (Å²) in [5.74, 6) is -3.78. The third-order valence-electron chi connectivity index (χ3n) is 6.22. The maximum Gasteiger partial charge on any atom is 0.416 e. The van der Waals surface area contributed by atoms with Crippen LogP contribution in [0, 0.1) is 17.5 Å². The van der Waals surface area contributed by atoms with Crippen LogP contribution in [0.4, 0.5) is 42.5 Å². The molecule has 0 aromatic heterocycles. The highest BCUT2D eigenvalue weighted by Crippen LogP contribution is 2.43. The third kappa shape index (κ3) is 5.83. The topological polar surface area (TPSA) is 78.5 Å². The lowest BCUT2D eigenvalue weighted by Gasteiger charge is -2.21. The summed E-state index contributed by atoms with van der Waals surface area (Å²) in [4.78, 5) is 26.3. The van der Waals surface area contributed by atoms with Gasteiger partial charge in [0.1, 0.15) is 24.8 Å². The monoisotopic (exact) mass is 603 g/mol. The molecule has 6 nitrogen and oxygen atoms in total. The summed E-state index contributed by atoms with van der Waals surface area (Å²) in [5.41, 5.74) is -1.78. The summed E-state index contributed by atoms with van der Waals surface area (Å²) in [5, 5.41) is 3.81. The van der Waals surface area contributed by atoms with Crippen molar-refractivity contribution in [2.24, 2.45) is 0 Å². The molecule has 14 heteroatoms. The van der Waals surface area contributed by atoms with Gasteiger partial charge in [-0.15, -0.1) is 0 Å². The molecule has 0 bridgehead atoms. The number of rotatable bonds is 5. The lowest BCUT2D eigenvalue weighted by molar-refractivity contribution is -0.137. The Kier molecular flexibility index (Phi) is 7.97. The van der Waals surface area contributed by atoms with Gasteiger partial charge in [-0.3, -0.25) is 4.79 Å². The predicted molar refractivity (Wildman–Crippen MR) is 140 cm³/mol. The Labute approximate surface area is 229 Å². The SMILES string of the molecule is CP(C)(=O)c1c(F)cccc1-c1ccc(N2CC[C@@H](NC(=O)Nc3ccc(C(F)(F)F)cc3F)C2=O)c(F)c1Cl. The summed E-state index contributed by atoms with van der Waals surface area (Å²) in [6.07, 6.45) is -4.74. The molecule has 1 heterocycles. The quantitative estimate of drug-likeness (QED) is 0.254. The van der Waals surface area contributed by atoms with Crippen molar-refractivity contribution in [3.05, 3.63) is 76.6 Å². The van der Waals surface area contributed by atoms with Gasteiger partial charge in [0.05, 0.1) is 27.3 Å². The molecule has 0 unspecified atom stereocenters. The zero-order chi connectivity index (χ0) is 29.6. The minimum Gasteiger partial charge on any atom is -0.326 e. The zero-order valence-electron chi connectivity index (χ0n) is 20.9. The normalized spacial score (nSPS) is 15.9. The molecule has 3 amide bonds. The van der Waals surface area contributed by atoms with Crippen LogP contribution in [-0.2, 0) is 15.5 Å². The van der Waals surface area contributed by atoms with E-state index in [-0.39, 0.29) is 41.2 Å². The molecule has 212 valence electrons. The molecular weight excluding hydrogens is 583 g/mol. The Bertz CT molecular complexity index is 1560. The average molecular weight is 604 g/mol. The molecule has 1 atom stereocenters. The van der Waals surface area contributed by atoms with E-state index >= 15 is 4.39 Å². The number of anilines is 2. The van der Waals surface area contributed by atoms with Gasteiger partial charge in [0.25, 0.3) is 0 Å². The maximum atomic E-state index is 15.4. The summed E-state index contributed by atoms with van der Waals surface area (Å²) >= 11 is 6.29. The number of urea groups is 1. The third-order valence-corrected chi connectivity index (χ3v) is 8.12. The molecule has 2 N–H and O–H groups in total. The van der Waals surface area contributed by atoms with Crippen molar-refractivity contribution in [2.75, 3.05) is 30.1 Å². The van der Waals surface area contributed by atoms with Crippen molar-refractivity contribution in [1.82, 2.24) is 5.32 Å². The largest absolute Gasteiger partial charge is 0.416 e. The fraction of sp³-hybridized carbons (Fsp3) is 0.231. The summed E-state index contributed by atoms with van der Waals surface area (Å²) in [6, 6.07) is 5.90. The molecule has 4 rings (SSSR count). The molecular formula is C26H21ClF6N3O3P. The average Bonchev–Trinajstić information content (AvgIpc) is 3.20. The van der Waals surface area contributed by atoms with E-state index in [1.165, 1.54) is 37.6 Å². The van der Waals surface area contributed by atoms with E-state index in [1.54, 1.807) is 0 Å². The lowest BCUT2D eigenvalue weighted by atomic mass is 10.0. The van der Waals surface area contributed by atoms with Crippen molar-refractivity contribution in [2.45, 2.75) is 18.6 Å². The molecule has 0 radical (unpaired) electrons. The Morgan fingerprint density at radius 1 is 1.02 bits per heavy atom. The zero-order valence-corrected chi connectivity index (χ0v) is 22.5. The molecule has 1 aliphatic rings. The van der Waals surface area contributed by atoms with Crippen LogP contribution in [-0.4, -0.2) is 37.9 Å². The molecule has 0 spiro atoms. The highest BCUT2D eigenvalue weighted by atomic mass is 35.5. The second kappa shape index (κ2) is 10.8. The number of nitrogens with one attached hydrogen (secondary N) is 2. The van der Waals surface area contributed by atoms with Gasteiger partial charge in [-0.25, -0.2) is 18.0 Å². The number of hydrogen-bond acceptors (Lipinski definition) is 3. The Balaban J connectivity index is 1.52. The molecule has 0 saturated carbocycles. The van der Waals surface area contributed by atoms with Crippen molar-refractivity contribution >= 4 is 47.4 Å². The van der Waals surface area contributed by atoms with Crippen LogP contribution >= 0.6 is 18.7 Å². The van der Waals surface area contributed by atoms with Gasteiger partial charge in [-0.2, -0.15) is 13.2 Å². The number of hydrogen-bond donors (Lipinski definition) is 2. The lowest BCUT2D eigenvalue weighted by Crippen LogP contribution is -2.43. The van der Waals surface area contributed by atoms with Crippen molar-refractivity contribution in [1.29, 1.82) is 0 Å². The van der Waals surface area contributed by atoms with Gasteiger partial charge in [0.2, 0.25) is 5.91 Å². The second-order valence-electron chi connectivity index (χ2n) is 9.37. The number of alkyl halides is 3. The van der Waals surface area contributed by atoms with E-state index in [2.05, 4.69) is 5.32 Å². The second-order valence-corrected chi connectivity index (χ2v) is 12.9. The van der Waals surface area contributed by atoms with Crippen LogP contribution in [0.3, 0.4) is 0 Å². The van der Waals surface area contributed by atoms with Gasteiger partial charge >= 0.3 is 12.2 Å². The van der Waals surface area contributed by atoms with E-state index in [4.69, 9.17) is 11.6 Å². The van der Waals surface area contributed by atoms with Crippen molar-refractivity contribution in [3.8, 4) is 11.1 Å². The molecule has 0 aliphatic carbocycles. The number of nitrogens with zero attached hydrogens (tertiary/aromatic N) is 1. The van der Waals surface area contributed by atoms with Crippen LogP contribution in [0.25, 0.3) is 11.1 Å². The Hall–Kier alpha value is -3.50. The van der Waals surface area contributed by atoms with E-state index in [9.17, 15) is 36.1 Å². The van der Waals surface area contributed by atoms with Gasteiger partial charge in [-0.05, 0) is 55.6 Å². The number of benzene rings is 3. The Morgan fingerprint density at radius 3 is 2.35 bits per heavy atom. The molecule has 3 aromatic rings. The summed E-state index contributed by atoms with van der Waals surface area (Å²) in [6.45, 7) is 2.70. The fourth-order valence-electron chi connectivity index (χ4n) is 4.40. The van der Waals surface area contributed by atoms with Crippen LogP contribution in [0.15, 0.2) is 48.5 Å². The predicted octanol–water partition coefficient (Wildman–Crippen LogP) is 6.62. The van der Waals surface area contributed by atoms with E-state index in [0.717, 1.165) is 17.0 Å². The number of halogens is 7. The first-order valence-electron chi connectivity index (χ1n) is 11.7. The van der Waals surface area contributed by atoms with Crippen LogP contribution < -0.4 is 20.8 Å². The number of carbonyl (C=O) groups is 2. The smallest absolute Gasteiger partial charge is 0.326 e. The number of amides is 3. The van der Waals surface area contributed by atoms with E-state index in [1.807, 2.05) is 5.32 Å². The summed E-state index contributed by atoms with van der Waals surface area (Å²) < 4.78 is 94.9. The molecule has 3 aromatic carbocycles. The maximum absolute atomic E-state index is 15.4. The molecule has 1 fully saturated rings. The molecule has 1 saturated heterocycles. The van der Waals surface area contributed by atoms with E-state index < -0.39 is 65.0 Å². The highest BCUT2D eigenvalue weighted by molar-refractivity contribution is 7.70. The first kappa shape index (κ1) is 29.5. The fourth-order valence-corrected chi connectivity index (χ4v) is 6.02. The highest BCUT2D eigenvalue weighted by Gasteiger charge is 2.36. The van der Waals surface area contributed by atoms with Crippen LogP contribution in [0.5, 0.6) is 0 Å². The molecule has 40 heavy (non-hydrogen) atoms. The standard InChI is InChI=1S/C26H21ClF6N3O3P/c1-40(2,39)23-15(4-3-5-16(23)28)14-7-9-20(22(30)21(14)27)36-11-10-19(24(36)37)35-25(38)34-18-8-6-13(12-17(18)29)26(31,32)33/h3-9,12,19H,10-11H2,1-2H3,(H2,34,35,38)/t19-/m1/s1. The minimum absolute atomic E-state index is 0.0312. The summed E-state index contributed by atoms with van der Waals surface area (Å²) in [7, 11) is -3.14. The first-order chi connectivity index (χ1) is 18.6. The van der Waals surface area contributed by atoms with Gasteiger partial charge in [0, 0.05) is 12.1 Å². The van der Waals surface area contributed by atoms with E-state index in [0.29, 0.717) is 6.07 Å². The van der Waals surface area contributed by atoms with Crippen LogP contribution in [0.2, 0.25) is 5.02 Å². The Morgan fingerprint density at radius 2 is 1.73 bits per heavy atom. The number of carbonyl (C=O) groups excluding carboxylic acids is 2. The van der Waals surface area contributed by atoms with Crippen LogP contribution in [0.1, 0.15) is 12.0 Å². The van der Waals surface area contributed by atoms with Gasteiger partial charge < -0.3 is 20.1 Å². The van der Waals surface area contributed by atoms with Crippen molar-refractivity contribution < 1.29 is 40.5 Å². The van der Waals surface area contributed by atoms with Gasteiger partial charge in [-0.1, -0.05) is 29.8 Å². The minimum atomic E-state index is -4.77. The van der Waals surface area contributed by atoms with Crippen molar-refractivity contribution in [3.63, 3.8) is 0 Å². The molecule has 1 aliphatic heterocycles. The first-order valence-corrected chi connectivity index (χ1v) is 14.7.